The molecule has 0 unspecified atom stereocenters. The number of oxazole rings is 1. The molecule has 0 aliphatic carbocycles. The Morgan fingerprint density at radius 1 is 1.06 bits per heavy atom. The summed E-state index contributed by atoms with van der Waals surface area (Å²) in [6, 6.07) is 18.8. The van der Waals surface area contributed by atoms with E-state index in [2.05, 4.69) is 58.5 Å². The highest BCUT2D eigenvalue weighted by molar-refractivity contribution is 7.98. The number of amides is 1. The molecule has 8 heteroatoms. The average Bonchev–Trinajstić information content (AvgIpc) is 3.50. The van der Waals surface area contributed by atoms with Crippen LogP contribution in [-0.2, 0) is 12.2 Å². The molecule has 1 fully saturated rings. The third-order valence-electron chi connectivity index (χ3n) is 6.42. The molecule has 35 heavy (non-hydrogen) atoms. The van der Waals surface area contributed by atoms with Gasteiger partial charge in [-0.1, -0.05) is 54.2 Å². The van der Waals surface area contributed by atoms with Gasteiger partial charge in [-0.3, -0.25) is 9.36 Å². The summed E-state index contributed by atoms with van der Waals surface area (Å²) in [5.74, 6) is 2.35. The molecule has 0 spiro atoms. The number of carbonyl (C=O) groups is 1. The van der Waals surface area contributed by atoms with Crippen LogP contribution in [0.15, 0.2) is 70.4 Å². The van der Waals surface area contributed by atoms with Gasteiger partial charge in [0.05, 0.1) is 5.75 Å². The van der Waals surface area contributed by atoms with Crippen molar-refractivity contribution in [2.75, 3.05) is 13.1 Å². The second-order valence-corrected chi connectivity index (χ2v) is 9.99. The van der Waals surface area contributed by atoms with Crippen LogP contribution in [0.2, 0.25) is 0 Å². The lowest BCUT2D eigenvalue weighted by Crippen LogP contribution is -2.39. The van der Waals surface area contributed by atoms with E-state index in [1.54, 1.807) is 0 Å². The smallest absolute Gasteiger partial charge is 0.275 e. The van der Waals surface area contributed by atoms with Gasteiger partial charge in [-0.05, 0) is 62.3 Å². The van der Waals surface area contributed by atoms with E-state index in [1.807, 2.05) is 34.6 Å². The normalized spacial score (nSPS) is 14.4. The number of piperidine rings is 1. The lowest BCUT2D eigenvalue weighted by atomic mass is 9.90. The number of hydrogen-bond donors (Lipinski definition) is 0. The lowest BCUT2D eigenvalue weighted by molar-refractivity contribution is 0.0684. The van der Waals surface area contributed by atoms with Gasteiger partial charge in [-0.25, -0.2) is 4.98 Å². The minimum absolute atomic E-state index is 0.0538. The summed E-state index contributed by atoms with van der Waals surface area (Å²) in [5, 5.41) is 9.33. The van der Waals surface area contributed by atoms with Crippen LogP contribution in [0.5, 0.6) is 0 Å². The van der Waals surface area contributed by atoms with Crippen LogP contribution >= 0.6 is 11.8 Å². The number of carbonyl (C=O) groups excluding carboxylic acids is 1. The zero-order chi connectivity index (χ0) is 24.2. The zero-order valence-electron chi connectivity index (χ0n) is 20.1. The van der Waals surface area contributed by atoms with Gasteiger partial charge in [-0.15, -0.1) is 10.2 Å². The molecule has 1 aliphatic heterocycles. The fourth-order valence-corrected chi connectivity index (χ4v) is 5.40. The average molecular weight is 488 g/mol. The molecule has 0 radical (unpaired) electrons. The Bertz CT molecular complexity index is 1290. The number of nitrogens with zero attached hydrogens (tertiary/aromatic N) is 5. The van der Waals surface area contributed by atoms with Crippen LogP contribution in [0.25, 0.3) is 5.69 Å². The van der Waals surface area contributed by atoms with Crippen molar-refractivity contribution in [2.24, 2.45) is 5.92 Å². The molecule has 1 aliphatic rings. The summed E-state index contributed by atoms with van der Waals surface area (Å²) in [5.41, 5.74) is 3.93. The molecule has 7 nitrogen and oxygen atoms in total. The Morgan fingerprint density at radius 2 is 1.86 bits per heavy atom. The van der Waals surface area contributed by atoms with Crippen LogP contribution in [0, 0.1) is 19.8 Å². The Hall–Kier alpha value is -3.39. The van der Waals surface area contributed by atoms with Gasteiger partial charge in [0.2, 0.25) is 5.89 Å². The van der Waals surface area contributed by atoms with E-state index < -0.39 is 0 Å². The molecule has 5 rings (SSSR count). The fraction of sp³-hybridized carbons (Fsp3) is 0.333. The van der Waals surface area contributed by atoms with Gasteiger partial charge in [0.25, 0.3) is 5.91 Å². The predicted octanol–water partition coefficient (Wildman–Crippen LogP) is 5.26. The molecule has 3 heterocycles. The Balaban J connectivity index is 1.17. The van der Waals surface area contributed by atoms with Crippen molar-refractivity contribution in [1.82, 2.24) is 24.6 Å². The molecular formula is C27H29N5O2S. The number of aryl methyl sites for hydroxylation is 2. The van der Waals surface area contributed by atoms with Crippen LogP contribution in [0.1, 0.15) is 46.2 Å². The Labute approximate surface area is 209 Å². The van der Waals surface area contributed by atoms with Crippen LogP contribution in [-0.4, -0.2) is 43.6 Å². The topological polar surface area (TPSA) is 77.1 Å². The van der Waals surface area contributed by atoms with E-state index in [9.17, 15) is 4.79 Å². The standard InChI is InChI=1S/C27H29N5O2S/c1-19-7-6-10-23(15-19)32-20(2)29-30-27(32)35-18-25-28-24(17-34-25)26(33)31-13-11-22(12-14-31)16-21-8-4-3-5-9-21/h3-10,15,17,22H,11-14,16,18H2,1-2H3. The summed E-state index contributed by atoms with van der Waals surface area (Å²) in [6.07, 6.45) is 4.57. The molecule has 2 aromatic carbocycles. The Kier molecular flexibility index (Phi) is 6.99. The molecule has 0 N–H and O–H groups in total. The molecule has 0 bridgehead atoms. The highest BCUT2D eigenvalue weighted by Crippen LogP contribution is 2.26. The van der Waals surface area contributed by atoms with Gasteiger partial charge in [-0.2, -0.15) is 0 Å². The van der Waals surface area contributed by atoms with Crippen molar-refractivity contribution in [3.8, 4) is 5.69 Å². The van der Waals surface area contributed by atoms with Gasteiger partial charge >= 0.3 is 0 Å². The molecule has 4 aromatic rings. The van der Waals surface area contributed by atoms with Gasteiger partial charge in [0.15, 0.2) is 10.9 Å². The first-order chi connectivity index (χ1) is 17.1. The highest BCUT2D eigenvalue weighted by Gasteiger charge is 2.26. The van der Waals surface area contributed by atoms with Crippen molar-refractivity contribution < 1.29 is 9.21 Å². The zero-order valence-corrected chi connectivity index (χ0v) is 20.9. The minimum atomic E-state index is -0.0538. The monoisotopic (exact) mass is 487 g/mol. The van der Waals surface area contributed by atoms with E-state index in [0.717, 1.165) is 49.0 Å². The molecule has 1 amide bonds. The van der Waals surface area contributed by atoms with Crippen molar-refractivity contribution in [1.29, 1.82) is 0 Å². The van der Waals surface area contributed by atoms with Gasteiger partial charge in [0, 0.05) is 18.8 Å². The number of aromatic nitrogens is 4. The first-order valence-electron chi connectivity index (χ1n) is 12.0. The maximum Gasteiger partial charge on any atom is 0.275 e. The molecule has 1 saturated heterocycles. The van der Waals surface area contributed by atoms with E-state index in [1.165, 1.54) is 29.2 Å². The number of likely N-dealkylation sites (tertiary alicyclic amines) is 1. The Morgan fingerprint density at radius 3 is 2.63 bits per heavy atom. The maximum atomic E-state index is 13.0. The van der Waals surface area contributed by atoms with Crippen LogP contribution in [0.3, 0.4) is 0 Å². The summed E-state index contributed by atoms with van der Waals surface area (Å²) < 4.78 is 7.65. The quantitative estimate of drug-likeness (QED) is 0.331. The third kappa shape index (κ3) is 5.48. The van der Waals surface area contributed by atoms with E-state index in [-0.39, 0.29) is 5.91 Å². The number of thioether (sulfide) groups is 1. The molecule has 0 atom stereocenters. The first-order valence-corrected chi connectivity index (χ1v) is 12.9. The third-order valence-corrected chi connectivity index (χ3v) is 7.33. The first kappa shape index (κ1) is 23.4. The molecule has 180 valence electrons. The highest BCUT2D eigenvalue weighted by atomic mass is 32.2. The predicted molar refractivity (Wildman–Crippen MR) is 136 cm³/mol. The van der Waals surface area contributed by atoms with E-state index >= 15 is 0 Å². The summed E-state index contributed by atoms with van der Waals surface area (Å²) in [4.78, 5) is 19.4. The SMILES string of the molecule is Cc1cccc(-n2c(C)nnc2SCc2nc(C(=O)N3CCC(Cc4ccccc4)CC3)co2)c1. The second kappa shape index (κ2) is 10.5. The van der Waals surface area contributed by atoms with Gasteiger partial charge < -0.3 is 9.32 Å². The van der Waals surface area contributed by atoms with E-state index in [0.29, 0.717) is 23.3 Å². The summed E-state index contributed by atoms with van der Waals surface area (Å²) in [6.45, 7) is 5.51. The summed E-state index contributed by atoms with van der Waals surface area (Å²) in [7, 11) is 0. The minimum Gasteiger partial charge on any atom is -0.447 e. The van der Waals surface area contributed by atoms with Gasteiger partial charge in [0.1, 0.15) is 12.1 Å². The van der Waals surface area contributed by atoms with E-state index in [4.69, 9.17) is 4.42 Å². The van der Waals surface area contributed by atoms with Crippen molar-refractivity contribution in [2.45, 2.75) is 44.0 Å². The number of rotatable bonds is 7. The van der Waals surface area contributed by atoms with Crippen LogP contribution in [0.4, 0.5) is 0 Å². The van der Waals surface area contributed by atoms with Crippen molar-refractivity contribution in [3.63, 3.8) is 0 Å². The summed E-state index contributed by atoms with van der Waals surface area (Å²) >= 11 is 1.49. The number of benzene rings is 2. The second-order valence-electron chi connectivity index (χ2n) is 9.04. The molecule has 2 aromatic heterocycles. The molecule has 0 saturated carbocycles. The van der Waals surface area contributed by atoms with Crippen LogP contribution < -0.4 is 0 Å². The molecular weight excluding hydrogens is 458 g/mol. The number of hydrogen-bond acceptors (Lipinski definition) is 6. The lowest BCUT2D eigenvalue weighted by Gasteiger charge is -2.31. The largest absolute Gasteiger partial charge is 0.447 e. The van der Waals surface area contributed by atoms with Crippen molar-refractivity contribution in [3.05, 3.63) is 89.4 Å². The van der Waals surface area contributed by atoms with Crippen molar-refractivity contribution >= 4 is 17.7 Å². The maximum absolute atomic E-state index is 13.0. The fourth-order valence-electron chi connectivity index (χ4n) is 4.55.